The van der Waals surface area contributed by atoms with Crippen LogP contribution in [-0.4, -0.2) is 5.78 Å². The maximum Gasteiger partial charge on any atom is 0.172 e. The van der Waals surface area contributed by atoms with Gasteiger partial charge in [-0.15, -0.1) is 11.3 Å². The largest absolute Gasteiger partial charge is 0.293 e. The van der Waals surface area contributed by atoms with Gasteiger partial charge in [0.05, 0.1) is 9.90 Å². The van der Waals surface area contributed by atoms with E-state index in [0.29, 0.717) is 11.4 Å². The Balaban J connectivity index is 2.32. The summed E-state index contributed by atoms with van der Waals surface area (Å²) in [4.78, 5) is 13.4. The van der Waals surface area contributed by atoms with Crippen molar-refractivity contribution in [2.45, 2.75) is 19.8 Å². The summed E-state index contributed by atoms with van der Waals surface area (Å²) in [5.74, 6) is -0.213. The Labute approximate surface area is 114 Å². The zero-order valence-electron chi connectivity index (χ0n) is 9.87. The molecule has 4 heteroatoms. The maximum absolute atomic E-state index is 13.0. The van der Waals surface area contributed by atoms with E-state index >= 15 is 0 Å². The zero-order chi connectivity index (χ0) is 13.1. The topological polar surface area (TPSA) is 17.1 Å². The molecule has 1 aromatic carbocycles. The average Bonchev–Trinajstić information content (AvgIpc) is 2.78. The Kier molecular flexibility index (Phi) is 4.15. The predicted octanol–water partition coefficient (Wildman–Crippen LogP) is 5.19. The van der Waals surface area contributed by atoms with Crippen LogP contribution >= 0.6 is 22.9 Å². The number of carbonyl (C=O) groups is 1. The van der Waals surface area contributed by atoms with Crippen LogP contribution in [0.4, 0.5) is 4.39 Å². The highest BCUT2D eigenvalue weighted by atomic mass is 35.5. The van der Waals surface area contributed by atoms with Crippen LogP contribution in [-0.2, 0) is 0 Å². The first-order valence-corrected chi connectivity index (χ1v) is 6.89. The predicted molar refractivity (Wildman–Crippen MR) is 74.0 cm³/mol. The number of hydrogen-bond acceptors (Lipinski definition) is 2. The van der Waals surface area contributed by atoms with Crippen LogP contribution in [0.25, 0.3) is 10.4 Å². The van der Waals surface area contributed by atoms with Gasteiger partial charge in [-0.1, -0.05) is 18.5 Å². The highest BCUT2D eigenvalue weighted by molar-refractivity contribution is 7.17. The van der Waals surface area contributed by atoms with Crippen LogP contribution in [0.1, 0.15) is 29.4 Å². The van der Waals surface area contributed by atoms with Gasteiger partial charge in [-0.2, -0.15) is 0 Å². The fourth-order valence-electron chi connectivity index (χ4n) is 1.67. The number of thiophene rings is 1. The van der Waals surface area contributed by atoms with Crippen LogP contribution in [0.2, 0.25) is 5.02 Å². The molecule has 0 atom stereocenters. The molecular formula is C14H12ClFOS. The molecule has 1 nitrogen and oxygen atoms in total. The summed E-state index contributed by atoms with van der Waals surface area (Å²) in [6, 6.07) is 7.94. The summed E-state index contributed by atoms with van der Waals surface area (Å²) < 4.78 is 13.0. The van der Waals surface area contributed by atoms with E-state index in [1.807, 2.05) is 13.0 Å². The summed E-state index contributed by atoms with van der Waals surface area (Å²) in [6.45, 7) is 1.98. The molecule has 0 saturated heterocycles. The Morgan fingerprint density at radius 2 is 2.11 bits per heavy atom. The monoisotopic (exact) mass is 282 g/mol. The van der Waals surface area contributed by atoms with Gasteiger partial charge in [0.25, 0.3) is 0 Å². The lowest BCUT2D eigenvalue weighted by Gasteiger charge is -2.00. The van der Waals surface area contributed by atoms with E-state index in [1.54, 1.807) is 12.1 Å². The lowest BCUT2D eigenvalue weighted by Crippen LogP contribution is -1.93. The number of halogens is 2. The molecule has 0 aliphatic carbocycles. The van der Waals surface area contributed by atoms with Crippen molar-refractivity contribution in [1.29, 1.82) is 0 Å². The van der Waals surface area contributed by atoms with Gasteiger partial charge in [0.1, 0.15) is 5.82 Å². The van der Waals surface area contributed by atoms with Gasteiger partial charge in [-0.3, -0.25) is 4.79 Å². The Morgan fingerprint density at radius 3 is 2.78 bits per heavy atom. The number of carbonyl (C=O) groups excluding carboxylic acids is 1. The van der Waals surface area contributed by atoms with Crippen molar-refractivity contribution in [2.75, 3.05) is 0 Å². The minimum absolute atomic E-state index is 0.145. The third kappa shape index (κ3) is 2.79. The van der Waals surface area contributed by atoms with Crippen molar-refractivity contribution in [3.63, 3.8) is 0 Å². The van der Waals surface area contributed by atoms with E-state index in [1.165, 1.54) is 23.5 Å². The summed E-state index contributed by atoms with van der Waals surface area (Å²) in [5, 5.41) is 0.367. The van der Waals surface area contributed by atoms with Crippen LogP contribution in [0.5, 0.6) is 0 Å². The van der Waals surface area contributed by atoms with E-state index < -0.39 is 0 Å². The van der Waals surface area contributed by atoms with Gasteiger partial charge < -0.3 is 0 Å². The quantitative estimate of drug-likeness (QED) is 0.705. The lowest BCUT2D eigenvalue weighted by molar-refractivity contribution is 0.0985. The molecule has 0 aliphatic heterocycles. The number of rotatable bonds is 4. The maximum atomic E-state index is 13.0. The fourth-order valence-corrected chi connectivity index (χ4v) is 3.01. The molecule has 2 rings (SSSR count). The first-order valence-electron chi connectivity index (χ1n) is 5.70. The standard InChI is InChI=1S/C14H12ClFOS/c1-2-3-12(17)14-7-6-13(18-14)10-5-4-9(16)8-11(10)15/h4-8H,2-3H2,1H3. The molecular weight excluding hydrogens is 271 g/mol. The molecule has 0 N–H and O–H groups in total. The van der Waals surface area contributed by atoms with Crippen molar-refractivity contribution in [3.05, 3.63) is 46.0 Å². The number of hydrogen-bond donors (Lipinski definition) is 0. The van der Waals surface area contributed by atoms with Crippen LogP contribution in [0, 0.1) is 5.82 Å². The summed E-state index contributed by atoms with van der Waals surface area (Å²) in [6.07, 6.45) is 1.39. The van der Waals surface area contributed by atoms with Gasteiger partial charge in [0.2, 0.25) is 0 Å². The second-order valence-electron chi connectivity index (χ2n) is 3.96. The third-order valence-electron chi connectivity index (χ3n) is 2.55. The van der Waals surface area contributed by atoms with E-state index in [-0.39, 0.29) is 11.6 Å². The lowest BCUT2D eigenvalue weighted by atomic mass is 10.2. The van der Waals surface area contributed by atoms with Crippen LogP contribution in [0.3, 0.4) is 0 Å². The van der Waals surface area contributed by atoms with E-state index in [4.69, 9.17) is 11.6 Å². The van der Waals surface area contributed by atoms with Gasteiger partial charge in [0.15, 0.2) is 5.78 Å². The molecule has 0 fully saturated rings. The van der Waals surface area contributed by atoms with E-state index in [9.17, 15) is 9.18 Å². The highest BCUT2D eigenvalue weighted by Crippen LogP contribution is 2.34. The van der Waals surface area contributed by atoms with Crippen LogP contribution < -0.4 is 0 Å². The first-order chi connectivity index (χ1) is 8.61. The van der Waals surface area contributed by atoms with Crippen molar-refractivity contribution in [2.24, 2.45) is 0 Å². The van der Waals surface area contributed by atoms with Gasteiger partial charge >= 0.3 is 0 Å². The van der Waals surface area contributed by atoms with E-state index in [2.05, 4.69) is 0 Å². The summed E-state index contributed by atoms with van der Waals surface area (Å²) in [7, 11) is 0. The molecule has 94 valence electrons. The van der Waals surface area contributed by atoms with Gasteiger partial charge in [0, 0.05) is 16.9 Å². The minimum Gasteiger partial charge on any atom is -0.293 e. The van der Waals surface area contributed by atoms with Crippen molar-refractivity contribution < 1.29 is 9.18 Å². The smallest absolute Gasteiger partial charge is 0.172 e. The number of benzene rings is 1. The molecule has 0 bridgehead atoms. The molecule has 0 saturated carbocycles. The Morgan fingerprint density at radius 1 is 1.33 bits per heavy atom. The van der Waals surface area contributed by atoms with Crippen molar-refractivity contribution >= 4 is 28.7 Å². The second kappa shape index (κ2) is 5.63. The molecule has 0 radical (unpaired) electrons. The second-order valence-corrected chi connectivity index (χ2v) is 5.45. The van der Waals surface area contributed by atoms with Gasteiger partial charge in [-0.25, -0.2) is 4.39 Å². The number of ketones is 1. The molecule has 0 unspecified atom stereocenters. The van der Waals surface area contributed by atoms with Crippen LogP contribution in [0.15, 0.2) is 30.3 Å². The average molecular weight is 283 g/mol. The Bertz CT molecular complexity index is 577. The first kappa shape index (κ1) is 13.2. The molecule has 18 heavy (non-hydrogen) atoms. The molecule has 1 heterocycles. The molecule has 2 aromatic rings. The zero-order valence-corrected chi connectivity index (χ0v) is 11.4. The molecule has 0 spiro atoms. The van der Waals surface area contributed by atoms with E-state index in [0.717, 1.165) is 21.7 Å². The fraction of sp³-hybridized carbons (Fsp3) is 0.214. The molecule has 0 aliphatic rings. The number of Topliss-reactive ketones (excluding diaryl/α,β-unsaturated/α-hetero) is 1. The SMILES string of the molecule is CCCC(=O)c1ccc(-c2ccc(F)cc2Cl)s1. The minimum atomic E-state index is -0.359. The highest BCUT2D eigenvalue weighted by Gasteiger charge is 2.11. The molecule has 0 amide bonds. The summed E-state index contributed by atoms with van der Waals surface area (Å²) in [5.41, 5.74) is 0.763. The Hall–Kier alpha value is -1.19. The van der Waals surface area contributed by atoms with Gasteiger partial charge in [-0.05, 0) is 36.8 Å². The van der Waals surface area contributed by atoms with Crippen molar-refractivity contribution in [1.82, 2.24) is 0 Å². The molecule has 1 aromatic heterocycles. The normalized spacial score (nSPS) is 10.6. The summed E-state index contributed by atoms with van der Waals surface area (Å²) >= 11 is 7.39. The van der Waals surface area contributed by atoms with Crippen molar-refractivity contribution in [3.8, 4) is 10.4 Å². The third-order valence-corrected chi connectivity index (χ3v) is 4.03.